The van der Waals surface area contributed by atoms with E-state index >= 15 is 0 Å². The first-order valence-corrected chi connectivity index (χ1v) is 9.38. The minimum Gasteiger partial charge on any atom is -0.492 e. The maximum Gasteiger partial charge on any atom is 0.257 e. The fourth-order valence-corrected chi connectivity index (χ4v) is 2.99. The predicted octanol–water partition coefficient (Wildman–Crippen LogP) is 2.26. The highest BCUT2D eigenvalue weighted by Crippen LogP contribution is 2.39. The maximum atomic E-state index is 12.6. The Morgan fingerprint density at radius 3 is 2.50 bits per heavy atom. The summed E-state index contributed by atoms with van der Waals surface area (Å²) in [5.41, 5.74) is 1.51. The van der Waals surface area contributed by atoms with Crippen molar-refractivity contribution in [1.82, 2.24) is 4.98 Å². The zero-order chi connectivity index (χ0) is 19.9. The van der Waals surface area contributed by atoms with Crippen molar-refractivity contribution >= 4 is 17.3 Å². The van der Waals surface area contributed by atoms with Gasteiger partial charge >= 0.3 is 0 Å². The van der Waals surface area contributed by atoms with Gasteiger partial charge in [-0.05, 0) is 19.9 Å². The van der Waals surface area contributed by atoms with Gasteiger partial charge in [-0.2, -0.15) is 0 Å². The van der Waals surface area contributed by atoms with Crippen molar-refractivity contribution in [2.45, 2.75) is 13.8 Å². The molecule has 1 saturated heterocycles. The van der Waals surface area contributed by atoms with E-state index < -0.39 is 0 Å². The van der Waals surface area contributed by atoms with Crippen molar-refractivity contribution < 1.29 is 19.0 Å². The molecule has 28 heavy (non-hydrogen) atoms. The summed E-state index contributed by atoms with van der Waals surface area (Å²) in [4.78, 5) is 28.5. The number of morpholine rings is 1. The van der Waals surface area contributed by atoms with Crippen LogP contribution in [0.15, 0.2) is 35.3 Å². The number of rotatable bonds is 7. The molecular formula is C20H25N3O5. The Labute approximate surface area is 163 Å². The van der Waals surface area contributed by atoms with E-state index in [1.165, 1.54) is 18.3 Å². The SMILES string of the molecule is CCOc1cc(N2CCOCC2)c(OCC)cc1NC(=O)c1ccc(=O)[nH]c1. The fraction of sp³-hybridized carbons (Fsp3) is 0.400. The van der Waals surface area contributed by atoms with Crippen molar-refractivity contribution in [2.75, 3.05) is 49.7 Å². The molecule has 1 aliphatic heterocycles. The van der Waals surface area contributed by atoms with E-state index in [4.69, 9.17) is 14.2 Å². The maximum absolute atomic E-state index is 12.6. The lowest BCUT2D eigenvalue weighted by molar-refractivity contribution is 0.102. The van der Waals surface area contributed by atoms with Crippen molar-refractivity contribution in [3.8, 4) is 11.5 Å². The molecule has 1 fully saturated rings. The van der Waals surface area contributed by atoms with Gasteiger partial charge in [0.05, 0.1) is 43.4 Å². The molecule has 3 rings (SSSR count). The van der Waals surface area contributed by atoms with Crippen LogP contribution in [0, 0.1) is 0 Å². The van der Waals surface area contributed by atoms with Crippen molar-refractivity contribution in [2.24, 2.45) is 0 Å². The van der Waals surface area contributed by atoms with Gasteiger partial charge in [-0.25, -0.2) is 0 Å². The average molecular weight is 387 g/mol. The van der Waals surface area contributed by atoms with Gasteiger partial charge in [-0.15, -0.1) is 0 Å². The summed E-state index contributed by atoms with van der Waals surface area (Å²) in [6, 6.07) is 6.46. The van der Waals surface area contributed by atoms with Crippen LogP contribution < -0.4 is 25.2 Å². The topological polar surface area (TPSA) is 92.9 Å². The molecule has 1 aromatic heterocycles. The summed E-state index contributed by atoms with van der Waals surface area (Å²) in [5.74, 6) is 0.883. The van der Waals surface area contributed by atoms with Gasteiger partial charge in [0, 0.05) is 37.5 Å². The smallest absolute Gasteiger partial charge is 0.257 e. The third-order valence-corrected chi connectivity index (χ3v) is 4.31. The number of H-pyrrole nitrogens is 1. The number of amides is 1. The Balaban J connectivity index is 1.94. The van der Waals surface area contributed by atoms with E-state index in [1.807, 2.05) is 19.9 Å². The summed E-state index contributed by atoms with van der Waals surface area (Å²) < 4.78 is 17.0. The number of carbonyl (C=O) groups excluding carboxylic acids is 1. The van der Waals surface area contributed by atoms with Crippen molar-refractivity contribution in [3.63, 3.8) is 0 Å². The first-order chi connectivity index (χ1) is 13.6. The van der Waals surface area contributed by atoms with Gasteiger partial charge in [0.15, 0.2) is 0 Å². The summed E-state index contributed by atoms with van der Waals surface area (Å²) in [6.07, 6.45) is 1.38. The van der Waals surface area contributed by atoms with E-state index in [-0.39, 0.29) is 11.5 Å². The molecule has 8 nitrogen and oxygen atoms in total. The van der Waals surface area contributed by atoms with Crippen LogP contribution in [-0.2, 0) is 4.74 Å². The molecule has 0 spiro atoms. The zero-order valence-corrected chi connectivity index (χ0v) is 16.1. The molecule has 2 N–H and O–H groups in total. The molecule has 0 atom stereocenters. The van der Waals surface area contributed by atoms with Crippen LogP contribution in [0.5, 0.6) is 11.5 Å². The average Bonchev–Trinajstić information content (AvgIpc) is 2.71. The minimum atomic E-state index is -0.348. The van der Waals surface area contributed by atoms with Gasteiger partial charge in [0.2, 0.25) is 5.56 Å². The van der Waals surface area contributed by atoms with E-state index in [2.05, 4.69) is 15.2 Å². The Bertz CT molecular complexity index is 854. The lowest BCUT2D eigenvalue weighted by atomic mass is 10.2. The number of ether oxygens (including phenoxy) is 3. The summed E-state index contributed by atoms with van der Waals surface area (Å²) in [6.45, 7) is 7.58. The minimum absolute atomic E-state index is 0.264. The van der Waals surface area contributed by atoms with Crippen molar-refractivity contribution in [1.29, 1.82) is 0 Å². The number of benzene rings is 1. The molecule has 0 unspecified atom stereocenters. The molecule has 1 amide bonds. The molecule has 1 aromatic carbocycles. The van der Waals surface area contributed by atoms with Crippen LogP contribution in [0.2, 0.25) is 0 Å². The van der Waals surface area contributed by atoms with E-state index in [0.717, 1.165) is 18.8 Å². The van der Waals surface area contributed by atoms with Crippen LogP contribution in [0.25, 0.3) is 0 Å². The normalized spacial score (nSPS) is 13.9. The number of nitrogens with zero attached hydrogens (tertiary/aromatic N) is 1. The number of aromatic amines is 1. The van der Waals surface area contributed by atoms with Crippen LogP contribution in [0.4, 0.5) is 11.4 Å². The summed E-state index contributed by atoms with van der Waals surface area (Å²) >= 11 is 0. The molecule has 0 radical (unpaired) electrons. The summed E-state index contributed by atoms with van der Waals surface area (Å²) in [7, 11) is 0. The highest BCUT2D eigenvalue weighted by molar-refractivity contribution is 6.05. The van der Waals surface area contributed by atoms with Crippen LogP contribution in [0.3, 0.4) is 0 Å². The highest BCUT2D eigenvalue weighted by Gasteiger charge is 2.20. The van der Waals surface area contributed by atoms with Crippen LogP contribution in [0.1, 0.15) is 24.2 Å². The Kier molecular flexibility index (Phi) is 6.54. The molecule has 2 heterocycles. The molecule has 1 aliphatic rings. The molecule has 0 saturated carbocycles. The van der Waals surface area contributed by atoms with E-state index in [9.17, 15) is 9.59 Å². The second kappa shape index (κ2) is 9.27. The zero-order valence-electron chi connectivity index (χ0n) is 16.1. The number of aromatic nitrogens is 1. The monoisotopic (exact) mass is 387 g/mol. The Hall–Kier alpha value is -3.00. The quantitative estimate of drug-likeness (QED) is 0.757. The molecule has 150 valence electrons. The largest absolute Gasteiger partial charge is 0.492 e. The first-order valence-electron chi connectivity index (χ1n) is 9.38. The van der Waals surface area contributed by atoms with E-state index in [0.29, 0.717) is 49.2 Å². The second-order valence-corrected chi connectivity index (χ2v) is 6.18. The fourth-order valence-electron chi connectivity index (χ4n) is 2.99. The lowest BCUT2D eigenvalue weighted by Gasteiger charge is -2.31. The third-order valence-electron chi connectivity index (χ3n) is 4.31. The van der Waals surface area contributed by atoms with Crippen molar-refractivity contribution in [3.05, 3.63) is 46.4 Å². The number of carbonyl (C=O) groups is 1. The third kappa shape index (κ3) is 4.64. The van der Waals surface area contributed by atoms with Crippen LogP contribution >= 0.6 is 0 Å². The molecule has 2 aromatic rings. The number of pyridine rings is 1. The van der Waals surface area contributed by atoms with Gasteiger partial charge in [-0.3, -0.25) is 9.59 Å². The number of nitrogens with one attached hydrogen (secondary N) is 2. The molecule has 0 bridgehead atoms. The second-order valence-electron chi connectivity index (χ2n) is 6.18. The first kappa shape index (κ1) is 19.8. The number of anilines is 2. The summed E-state index contributed by atoms with van der Waals surface area (Å²) in [5, 5.41) is 2.85. The lowest BCUT2D eigenvalue weighted by Crippen LogP contribution is -2.36. The highest BCUT2D eigenvalue weighted by atomic mass is 16.5. The standard InChI is InChI=1S/C20H25N3O5/c1-3-27-17-12-16(23-7-9-26-10-8-23)18(28-4-2)11-15(17)22-20(25)14-5-6-19(24)21-13-14/h5-6,11-13H,3-4,7-10H2,1-2H3,(H,21,24)(H,22,25). The van der Waals surface area contributed by atoms with Gasteiger partial charge in [0.1, 0.15) is 11.5 Å². The number of hydrogen-bond acceptors (Lipinski definition) is 6. The molecular weight excluding hydrogens is 362 g/mol. The Morgan fingerprint density at radius 1 is 1.14 bits per heavy atom. The predicted molar refractivity (Wildman–Crippen MR) is 107 cm³/mol. The Morgan fingerprint density at radius 2 is 1.86 bits per heavy atom. The number of hydrogen-bond donors (Lipinski definition) is 2. The molecule has 0 aliphatic carbocycles. The van der Waals surface area contributed by atoms with Gasteiger partial charge in [-0.1, -0.05) is 0 Å². The van der Waals surface area contributed by atoms with Gasteiger partial charge in [0.25, 0.3) is 5.91 Å². The molecule has 8 heteroatoms. The van der Waals surface area contributed by atoms with Crippen LogP contribution in [-0.4, -0.2) is 50.4 Å². The van der Waals surface area contributed by atoms with E-state index in [1.54, 1.807) is 6.07 Å². The van der Waals surface area contributed by atoms with Gasteiger partial charge < -0.3 is 29.4 Å².